The van der Waals surface area contributed by atoms with E-state index in [0.29, 0.717) is 35.2 Å². The molecule has 1 aliphatic heterocycles. The molecule has 0 saturated carbocycles. The van der Waals surface area contributed by atoms with Gasteiger partial charge in [-0.15, -0.1) is 0 Å². The predicted octanol–water partition coefficient (Wildman–Crippen LogP) is 4.10. The summed E-state index contributed by atoms with van der Waals surface area (Å²) in [5, 5.41) is 19.6. The van der Waals surface area contributed by atoms with Crippen molar-refractivity contribution in [2.75, 3.05) is 32.5 Å². The number of aromatic nitrogens is 4. The van der Waals surface area contributed by atoms with Gasteiger partial charge in [0.05, 0.1) is 28.4 Å². The molecule has 1 saturated heterocycles. The second-order valence-corrected chi connectivity index (χ2v) is 13.1. The van der Waals surface area contributed by atoms with Crippen molar-refractivity contribution in [2.45, 2.75) is 36.2 Å². The molecule has 42 heavy (non-hydrogen) atoms. The zero-order valence-electron chi connectivity index (χ0n) is 23.5. The smallest absolute Gasteiger partial charge is 0.261 e. The van der Waals surface area contributed by atoms with Crippen LogP contribution in [0.1, 0.15) is 24.8 Å². The first-order valence-electron chi connectivity index (χ1n) is 13.8. The Balaban J connectivity index is 1.30. The molecule has 5 aromatic rings. The molecule has 1 aliphatic rings. The van der Waals surface area contributed by atoms with Gasteiger partial charge >= 0.3 is 0 Å². The van der Waals surface area contributed by atoms with E-state index < -0.39 is 15.6 Å². The zero-order valence-corrected chi connectivity index (χ0v) is 24.3. The van der Waals surface area contributed by atoms with Crippen LogP contribution in [0.15, 0.2) is 76.7 Å². The Bertz CT molecular complexity index is 1960. The van der Waals surface area contributed by atoms with Crippen LogP contribution in [0, 0.1) is 11.3 Å². The number of nitrogens with one attached hydrogen (secondary N) is 3. The monoisotopic (exact) mass is 584 g/mol. The van der Waals surface area contributed by atoms with Crippen LogP contribution in [-0.2, 0) is 22.1 Å². The molecule has 6 rings (SSSR count). The van der Waals surface area contributed by atoms with E-state index in [1.54, 1.807) is 18.3 Å². The number of hydrogen-bond donors (Lipinski definition) is 3. The van der Waals surface area contributed by atoms with E-state index in [2.05, 4.69) is 50.5 Å². The van der Waals surface area contributed by atoms with Crippen LogP contribution in [0.3, 0.4) is 0 Å². The van der Waals surface area contributed by atoms with Gasteiger partial charge in [0.15, 0.2) is 5.82 Å². The third-order valence-electron chi connectivity index (χ3n) is 8.22. The highest BCUT2D eigenvalue weighted by Crippen LogP contribution is 2.38. The molecule has 2 aromatic carbocycles. The Kier molecular flexibility index (Phi) is 7.10. The van der Waals surface area contributed by atoms with Gasteiger partial charge in [-0.2, -0.15) is 10.4 Å². The number of benzene rings is 2. The van der Waals surface area contributed by atoms with Gasteiger partial charge in [0, 0.05) is 62.7 Å². The second-order valence-electron chi connectivity index (χ2n) is 11.0. The Morgan fingerprint density at radius 3 is 2.50 bits per heavy atom. The number of fused-ring (bicyclic) bond motifs is 2. The summed E-state index contributed by atoms with van der Waals surface area (Å²) in [6.45, 7) is 2.36. The first-order chi connectivity index (χ1) is 20.2. The summed E-state index contributed by atoms with van der Waals surface area (Å²) < 4.78 is 28.0. The minimum atomic E-state index is -3.57. The summed E-state index contributed by atoms with van der Waals surface area (Å²) in [5.41, 5.74) is 2.73. The fraction of sp³-hybridized carbons (Fsp3) is 0.300. The average molecular weight is 585 g/mol. The van der Waals surface area contributed by atoms with E-state index in [-0.39, 0.29) is 16.9 Å². The molecule has 12 heteroatoms. The Labute approximate surface area is 243 Å². The van der Waals surface area contributed by atoms with Gasteiger partial charge in [-0.3, -0.25) is 14.4 Å². The standard InChI is InChI=1S/C30H32N8O3S/c1-36(2)42(40,41)23-8-6-22(7-9-23)34-28-27-26(11-17-33-29(27)39)38(35-28)30(12-15-31)13-18-37(19-14-30)20-21-4-3-5-25-24(21)10-16-32-25/h3-11,16-17,32H,12-14,18-20H2,1-2H3,(H,33,39)(H,34,35). The highest BCUT2D eigenvalue weighted by molar-refractivity contribution is 7.89. The molecule has 4 heterocycles. The average Bonchev–Trinajstić information content (AvgIpc) is 3.61. The first kappa shape index (κ1) is 27.7. The van der Waals surface area contributed by atoms with Crippen molar-refractivity contribution < 1.29 is 8.42 Å². The molecular weight excluding hydrogens is 552 g/mol. The molecule has 11 nitrogen and oxygen atoms in total. The fourth-order valence-corrected chi connectivity index (χ4v) is 6.75. The van der Waals surface area contributed by atoms with E-state index in [9.17, 15) is 18.5 Å². The number of rotatable bonds is 8. The summed E-state index contributed by atoms with van der Waals surface area (Å²) in [5.74, 6) is 0.356. The van der Waals surface area contributed by atoms with Gasteiger partial charge in [-0.25, -0.2) is 12.7 Å². The van der Waals surface area contributed by atoms with Gasteiger partial charge in [0.1, 0.15) is 5.39 Å². The van der Waals surface area contributed by atoms with Crippen LogP contribution >= 0.6 is 0 Å². The van der Waals surface area contributed by atoms with Gasteiger partial charge in [0.2, 0.25) is 10.0 Å². The van der Waals surface area contributed by atoms with Crippen molar-refractivity contribution in [3.63, 3.8) is 0 Å². The summed E-state index contributed by atoms with van der Waals surface area (Å²) in [7, 11) is -0.605. The summed E-state index contributed by atoms with van der Waals surface area (Å²) in [6, 6.07) is 18.9. The highest BCUT2D eigenvalue weighted by atomic mass is 32.2. The molecule has 216 valence electrons. The van der Waals surface area contributed by atoms with Crippen molar-refractivity contribution in [3.05, 3.63) is 82.9 Å². The number of likely N-dealkylation sites (tertiary alicyclic amines) is 1. The molecule has 0 radical (unpaired) electrons. The number of sulfonamides is 1. The van der Waals surface area contributed by atoms with Crippen LogP contribution < -0.4 is 10.9 Å². The lowest BCUT2D eigenvalue weighted by Gasteiger charge is -2.41. The zero-order chi connectivity index (χ0) is 29.5. The Morgan fingerprint density at radius 1 is 1.05 bits per heavy atom. The van der Waals surface area contributed by atoms with Gasteiger partial charge < -0.3 is 15.3 Å². The largest absolute Gasteiger partial charge is 0.361 e. The van der Waals surface area contributed by atoms with Crippen LogP contribution in [0.25, 0.3) is 21.8 Å². The first-order valence-corrected chi connectivity index (χ1v) is 15.2. The van der Waals surface area contributed by atoms with Gasteiger partial charge in [-0.1, -0.05) is 12.1 Å². The number of H-pyrrole nitrogens is 2. The lowest BCUT2D eigenvalue weighted by molar-refractivity contribution is 0.102. The lowest BCUT2D eigenvalue weighted by Crippen LogP contribution is -2.46. The minimum absolute atomic E-state index is 0.166. The second kappa shape index (κ2) is 10.8. The molecule has 0 aliphatic carbocycles. The van der Waals surface area contributed by atoms with Crippen LogP contribution in [0.2, 0.25) is 0 Å². The SMILES string of the molecule is CN(C)S(=O)(=O)c1ccc(Nc2nn(C3(CC#N)CCN(Cc4cccc5[nH]ccc45)CC3)c3cc[nH]c(=O)c23)cc1. The van der Waals surface area contributed by atoms with E-state index in [1.807, 2.05) is 16.9 Å². The molecular formula is C30H32N8O3S. The van der Waals surface area contributed by atoms with E-state index in [4.69, 9.17) is 5.10 Å². The number of anilines is 2. The Morgan fingerprint density at radius 2 is 1.79 bits per heavy atom. The van der Waals surface area contributed by atoms with Crippen molar-refractivity contribution >= 4 is 43.3 Å². The lowest BCUT2D eigenvalue weighted by atomic mass is 9.84. The van der Waals surface area contributed by atoms with Crippen LogP contribution in [0.4, 0.5) is 11.5 Å². The van der Waals surface area contributed by atoms with Crippen molar-refractivity contribution in [1.29, 1.82) is 5.26 Å². The maximum Gasteiger partial charge on any atom is 0.261 e. The molecule has 0 bridgehead atoms. The summed E-state index contributed by atoms with van der Waals surface area (Å²) >= 11 is 0. The minimum Gasteiger partial charge on any atom is -0.361 e. The summed E-state index contributed by atoms with van der Waals surface area (Å²) in [4.78, 5) is 21.6. The van der Waals surface area contributed by atoms with Gasteiger partial charge in [-0.05, 0) is 60.9 Å². The number of hydrogen-bond acceptors (Lipinski definition) is 7. The van der Waals surface area contributed by atoms with E-state index in [1.165, 1.54) is 37.2 Å². The van der Waals surface area contributed by atoms with E-state index in [0.717, 1.165) is 29.5 Å². The molecule has 1 fully saturated rings. The predicted molar refractivity (Wildman–Crippen MR) is 162 cm³/mol. The van der Waals surface area contributed by atoms with Crippen molar-refractivity contribution in [1.82, 2.24) is 29.0 Å². The molecule has 0 amide bonds. The quantitative estimate of drug-likeness (QED) is 0.249. The maximum atomic E-state index is 13.0. The van der Waals surface area contributed by atoms with Crippen molar-refractivity contribution in [3.8, 4) is 6.07 Å². The van der Waals surface area contributed by atoms with Gasteiger partial charge in [0.25, 0.3) is 5.56 Å². The topological polar surface area (TPSA) is 143 Å². The van der Waals surface area contributed by atoms with Crippen LogP contribution in [0.5, 0.6) is 0 Å². The highest BCUT2D eigenvalue weighted by Gasteiger charge is 2.39. The fourth-order valence-electron chi connectivity index (χ4n) is 5.85. The Hall–Kier alpha value is -4.44. The number of nitriles is 1. The number of aromatic amines is 2. The van der Waals surface area contributed by atoms with Crippen LogP contribution in [-0.4, -0.2) is 64.6 Å². The molecule has 0 spiro atoms. The third kappa shape index (κ3) is 4.85. The summed E-state index contributed by atoms with van der Waals surface area (Å²) in [6.07, 6.45) is 5.21. The molecule has 3 aromatic heterocycles. The molecule has 3 N–H and O–H groups in total. The van der Waals surface area contributed by atoms with Crippen molar-refractivity contribution in [2.24, 2.45) is 0 Å². The van der Waals surface area contributed by atoms with E-state index >= 15 is 0 Å². The molecule has 0 atom stereocenters. The molecule has 0 unspecified atom stereocenters. The number of piperidine rings is 1. The third-order valence-corrected chi connectivity index (χ3v) is 10.1. The maximum absolute atomic E-state index is 13.0. The number of pyridine rings is 1. The number of nitrogens with zero attached hydrogens (tertiary/aromatic N) is 5. The normalized spacial score (nSPS) is 15.8.